The maximum Gasteiger partial charge on any atom is 0.342 e. The zero-order valence-corrected chi connectivity index (χ0v) is 23.1. The molecule has 0 bridgehead atoms. The predicted octanol–water partition coefficient (Wildman–Crippen LogP) is 6.78. The van der Waals surface area contributed by atoms with Gasteiger partial charge in [-0.25, -0.2) is 4.79 Å². The number of Topliss-reactive ketones (excluding diaryl/α,β-unsaturated/α-hetero) is 2. The molecule has 3 heterocycles. The topological polar surface area (TPSA) is 120 Å². The van der Waals surface area contributed by atoms with Crippen molar-refractivity contribution in [1.29, 1.82) is 0 Å². The van der Waals surface area contributed by atoms with Gasteiger partial charge in [-0.15, -0.1) is 0 Å². The average molecular weight is 557 g/mol. The highest BCUT2D eigenvalue weighted by Crippen LogP contribution is 2.48. The Hall–Kier alpha value is -4.46. The molecule has 1 N–H and O–H groups in total. The number of fused-ring (bicyclic) bond motifs is 2. The molecule has 0 saturated heterocycles. The predicted molar refractivity (Wildman–Crippen MR) is 151 cm³/mol. The molecule has 0 amide bonds. The lowest BCUT2D eigenvalue weighted by Crippen LogP contribution is -2.23. The third-order valence-electron chi connectivity index (χ3n) is 7.52. The number of hydrogen-bond donors (Lipinski definition) is 1. The van der Waals surface area contributed by atoms with Crippen LogP contribution in [0.25, 0.3) is 17.4 Å². The third kappa shape index (κ3) is 6.16. The largest absolute Gasteiger partial charge is 0.507 e. The highest BCUT2D eigenvalue weighted by Gasteiger charge is 2.37. The second kappa shape index (κ2) is 12.0. The lowest BCUT2D eigenvalue weighted by Gasteiger charge is -2.26. The van der Waals surface area contributed by atoms with Crippen LogP contribution < -0.4 is 4.74 Å². The van der Waals surface area contributed by atoms with E-state index in [0.29, 0.717) is 61.2 Å². The number of ketones is 2. The van der Waals surface area contributed by atoms with E-state index in [1.807, 2.05) is 6.08 Å². The molecule has 0 aliphatic carbocycles. The molecule has 0 spiro atoms. The van der Waals surface area contributed by atoms with Gasteiger partial charge in [-0.05, 0) is 63.3 Å². The van der Waals surface area contributed by atoms with Gasteiger partial charge in [0.05, 0.1) is 18.4 Å². The van der Waals surface area contributed by atoms with Gasteiger partial charge in [0.2, 0.25) is 0 Å². The van der Waals surface area contributed by atoms with Crippen molar-refractivity contribution >= 4 is 29.6 Å². The number of carbonyl (C=O) groups excluding carboxylic acids is 4. The van der Waals surface area contributed by atoms with E-state index in [1.54, 1.807) is 55.5 Å². The summed E-state index contributed by atoms with van der Waals surface area (Å²) in [6.45, 7) is 3.26. The summed E-state index contributed by atoms with van der Waals surface area (Å²) in [5.74, 6) is -0.956. The summed E-state index contributed by atoms with van der Waals surface area (Å²) >= 11 is 0. The van der Waals surface area contributed by atoms with Crippen molar-refractivity contribution < 1.29 is 38.2 Å². The number of aromatic hydroxyl groups is 1. The van der Waals surface area contributed by atoms with E-state index in [9.17, 15) is 24.3 Å². The number of carbonyl (C=O) groups is 4. The number of rotatable bonds is 3. The average Bonchev–Trinajstić information content (AvgIpc) is 3.42. The Morgan fingerprint density at radius 2 is 1.76 bits per heavy atom. The SMILES string of the molecule is CC(=O)c1ccc(-c2ccc(C3CC(=O)Oc4cc5c(c(O)c43)C(=O)O[C@@H](C)CCCC(=O)CCCC=C5)o2)cc1. The van der Waals surface area contributed by atoms with Crippen LogP contribution in [-0.4, -0.2) is 34.7 Å². The second-order valence-electron chi connectivity index (χ2n) is 10.6. The first-order chi connectivity index (χ1) is 19.7. The number of esters is 2. The molecule has 41 heavy (non-hydrogen) atoms. The molecule has 2 aromatic carbocycles. The van der Waals surface area contributed by atoms with Crippen LogP contribution >= 0.6 is 0 Å². The number of ether oxygens (including phenoxy) is 2. The van der Waals surface area contributed by atoms with Gasteiger partial charge < -0.3 is 19.0 Å². The maximum atomic E-state index is 13.4. The summed E-state index contributed by atoms with van der Waals surface area (Å²) in [6, 6.07) is 12.1. The second-order valence-corrected chi connectivity index (χ2v) is 10.6. The molecule has 3 aromatic rings. The van der Waals surface area contributed by atoms with Crippen molar-refractivity contribution in [2.45, 2.75) is 70.8 Å². The van der Waals surface area contributed by atoms with Crippen LogP contribution in [-0.2, 0) is 14.3 Å². The van der Waals surface area contributed by atoms with E-state index < -0.39 is 24.0 Å². The van der Waals surface area contributed by atoms with E-state index in [4.69, 9.17) is 13.9 Å². The summed E-state index contributed by atoms with van der Waals surface area (Å²) in [5.41, 5.74) is 1.97. The molecule has 8 heteroatoms. The van der Waals surface area contributed by atoms with Crippen LogP contribution in [0.2, 0.25) is 0 Å². The van der Waals surface area contributed by atoms with Crippen molar-refractivity contribution in [3.8, 4) is 22.8 Å². The molecule has 5 rings (SSSR count). The molecular formula is C33H32O8. The first kappa shape index (κ1) is 28.1. The fourth-order valence-electron chi connectivity index (χ4n) is 5.33. The van der Waals surface area contributed by atoms with Crippen molar-refractivity contribution in [1.82, 2.24) is 0 Å². The van der Waals surface area contributed by atoms with E-state index in [1.165, 1.54) is 6.92 Å². The van der Waals surface area contributed by atoms with Crippen molar-refractivity contribution in [2.75, 3.05) is 0 Å². The number of furan rings is 1. The molecule has 2 atom stereocenters. The number of allylic oxidation sites excluding steroid dienone is 1. The molecule has 0 saturated carbocycles. The normalized spacial score (nSPS) is 19.9. The van der Waals surface area contributed by atoms with Crippen LogP contribution in [0.4, 0.5) is 0 Å². The Bertz CT molecular complexity index is 1530. The van der Waals surface area contributed by atoms with E-state index in [-0.39, 0.29) is 40.6 Å². The van der Waals surface area contributed by atoms with Gasteiger partial charge in [-0.2, -0.15) is 0 Å². The van der Waals surface area contributed by atoms with Crippen molar-refractivity contribution in [3.05, 3.63) is 76.6 Å². The zero-order valence-electron chi connectivity index (χ0n) is 23.1. The number of benzene rings is 2. The minimum Gasteiger partial charge on any atom is -0.507 e. The summed E-state index contributed by atoms with van der Waals surface area (Å²) in [6.07, 6.45) is 6.32. The summed E-state index contributed by atoms with van der Waals surface area (Å²) in [7, 11) is 0. The van der Waals surface area contributed by atoms with E-state index in [2.05, 4.69) is 0 Å². The monoisotopic (exact) mass is 556 g/mol. The van der Waals surface area contributed by atoms with Crippen LogP contribution in [0.1, 0.15) is 102 Å². The van der Waals surface area contributed by atoms with Crippen LogP contribution in [0.5, 0.6) is 11.5 Å². The zero-order chi connectivity index (χ0) is 29.1. The maximum absolute atomic E-state index is 13.4. The van der Waals surface area contributed by atoms with E-state index in [0.717, 1.165) is 5.56 Å². The standard InChI is InChI=1S/C33H32O8/c1-19-7-6-10-24(35)9-5-3-4-8-23-17-28-31(32(37)30(23)33(38)39-19)25(18-29(36)41-28)27-16-15-26(40-27)22-13-11-21(12-14-22)20(2)34/h4,8,11-17,19,25,37H,3,5-7,9-10,18H2,1-2H3/t19-,25?/m0/s1. The molecule has 212 valence electrons. The van der Waals surface area contributed by atoms with Gasteiger partial charge in [0, 0.05) is 29.5 Å². The molecule has 0 fully saturated rings. The number of phenols is 1. The third-order valence-corrected chi connectivity index (χ3v) is 7.52. The minimum absolute atomic E-state index is 0.00506. The Labute approximate surface area is 238 Å². The van der Waals surface area contributed by atoms with Gasteiger partial charge in [-0.3, -0.25) is 14.4 Å². The fraction of sp³-hybridized carbons (Fsp3) is 0.333. The van der Waals surface area contributed by atoms with Gasteiger partial charge >= 0.3 is 11.9 Å². The fourth-order valence-corrected chi connectivity index (χ4v) is 5.33. The van der Waals surface area contributed by atoms with Crippen LogP contribution in [0, 0.1) is 0 Å². The Balaban J connectivity index is 1.54. The highest BCUT2D eigenvalue weighted by atomic mass is 16.5. The molecule has 0 radical (unpaired) electrons. The summed E-state index contributed by atoms with van der Waals surface area (Å²) < 4.78 is 17.4. The summed E-state index contributed by atoms with van der Waals surface area (Å²) in [5, 5.41) is 11.6. The molecule has 2 aliphatic rings. The van der Waals surface area contributed by atoms with Crippen LogP contribution in [0.15, 0.2) is 53.0 Å². The summed E-state index contributed by atoms with van der Waals surface area (Å²) in [4.78, 5) is 49.8. The first-order valence-electron chi connectivity index (χ1n) is 13.9. The Morgan fingerprint density at radius 1 is 1.00 bits per heavy atom. The smallest absolute Gasteiger partial charge is 0.342 e. The molecular weight excluding hydrogens is 524 g/mol. The quantitative estimate of drug-likeness (QED) is 0.213. The highest BCUT2D eigenvalue weighted by molar-refractivity contribution is 5.99. The van der Waals surface area contributed by atoms with E-state index >= 15 is 0 Å². The van der Waals surface area contributed by atoms with Gasteiger partial charge in [-0.1, -0.05) is 36.4 Å². The number of phenolic OH excluding ortho intramolecular Hbond substituents is 1. The Kier molecular flexibility index (Phi) is 8.19. The molecule has 2 aliphatic heterocycles. The lowest BCUT2D eigenvalue weighted by atomic mass is 9.86. The molecule has 8 nitrogen and oxygen atoms in total. The molecule has 1 unspecified atom stereocenters. The van der Waals surface area contributed by atoms with Crippen molar-refractivity contribution in [2.24, 2.45) is 0 Å². The Morgan fingerprint density at radius 3 is 2.51 bits per heavy atom. The van der Waals surface area contributed by atoms with Gasteiger partial charge in [0.1, 0.15) is 34.4 Å². The van der Waals surface area contributed by atoms with Crippen molar-refractivity contribution in [3.63, 3.8) is 0 Å². The van der Waals surface area contributed by atoms with Crippen LogP contribution in [0.3, 0.4) is 0 Å². The van der Waals surface area contributed by atoms with Gasteiger partial charge in [0.25, 0.3) is 0 Å². The number of cyclic esters (lactones) is 1. The number of hydrogen-bond acceptors (Lipinski definition) is 8. The first-order valence-corrected chi connectivity index (χ1v) is 13.9. The lowest BCUT2D eigenvalue weighted by molar-refractivity contribution is -0.135. The molecule has 1 aromatic heterocycles. The minimum atomic E-state index is -0.699. The van der Waals surface area contributed by atoms with Gasteiger partial charge in [0.15, 0.2) is 5.78 Å².